The van der Waals surface area contributed by atoms with Crippen LogP contribution in [-0.4, -0.2) is 49.1 Å². The monoisotopic (exact) mass is 437 g/mol. The van der Waals surface area contributed by atoms with Gasteiger partial charge in [-0.3, -0.25) is 4.79 Å². The third-order valence-corrected chi connectivity index (χ3v) is 5.75. The second-order valence-electron chi connectivity index (χ2n) is 8.66. The number of ether oxygens (including phenoxy) is 1. The molecule has 1 aliphatic rings. The number of nitrogens with one attached hydrogen (secondary N) is 2. The van der Waals surface area contributed by atoms with Gasteiger partial charge in [0.2, 0.25) is 5.91 Å². The van der Waals surface area contributed by atoms with E-state index >= 15 is 0 Å². The Balaban J connectivity index is 1.52. The molecule has 1 unspecified atom stereocenters. The minimum atomic E-state index is -0.692. The van der Waals surface area contributed by atoms with E-state index in [4.69, 9.17) is 4.74 Å². The number of carbonyl (C=O) groups is 2. The summed E-state index contributed by atoms with van der Waals surface area (Å²) >= 11 is 0. The zero-order chi connectivity index (χ0) is 22.6. The topological polar surface area (TPSA) is 70.7 Å². The molecule has 0 spiro atoms. The van der Waals surface area contributed by atoms with E-state index in [1.165, 1.54) is 19.3 Å². The van der Waals surface area contributed by atoms with Crippen LogP contribution in [0.2, 0.25) is 0 Å². The number of alkyl carbamates (subject to hydrolysis) is 1. The van der Waals surface area contributed by atoms with Crippen LogP contribution in [0.5, 0.6) is 0 Å². The maximum Gasteiger partial charge on any atom is 0.408 e. The van der Waals surface area contributed by atoms with Crippen LogP contribution in [0.25, 0.3) is 0 Å². The fourth-order valence-electron chi connectivity index (χ4n) is 4.01. The van der Waals surface area contributed by atoms with Gasteiger partial charge >= 0.3 is 6.09 Å². The van der Waals surface area contributed by atoms with Gasteiger partial charge in [0.05, 0.1) is 0 Å². The summed E-state index contributed by atoms with van der Waals surface area (Å²) in [6.07, 6.45) is 3.65. The van der Waals surface area contributed by atoms with E-state index < -0.39 is 12.1 Å². The SMILES string of the molecule is CC(CNC(=O)[C@H](Cc1ccccc1)NC(=O)OCc1ccccc1)CN1CCCCC1. The molecule has 0 aromatic heterocycles. The predicted octanol–water partition coefficient (Wildman–Crippen LogP) is 3.76. The van der Waals surface area contributed by atoms with Crippen molar-refractivity contribution in [3.05, 3.63) is 71.8 Å². The van der Waals surface area contributed by atoms with E-state index in [0.29, 0.717) is 18.9 Å². The molecule has 2 atom stereocenters. The first kappa shape index (κ1) is 23.8. The maximum atomic E-state index is 13.0. The molecule has 2 aromatic carbocycles. The van der Waals surface area contributed by atoms with Crippen LogP contribution in [0.15, 0.2) is 60.7 Å². The first-order chi connectivity index (χ1) is 15.6. The highest BCUT2D eigenvalue weighted by molar-refractivity contribution is 5.85. The third-order valence-electron chi connectivity index (χ3n) is 5.75. The van der Waals surface area contributed by atoms with Crippen molar-refractivity contribution < 1.29 is 14.3 Å². The first-order valence-corrected chi connectivity index (χ1v) is 11.6. The maximum absolute atomic E-state index is 13.0. The fraction of sp³-hybridized carbons (Fsp3) is 0.462. The van der Waals surface area contributed by atoms with E-state index in [9.17, 15) is 9.59 Å². The van der Waals surface area contributed by atoms with Crippen LogP contribution >= 0.6 is 0 Å². The molecule has 0 aliphatic carbocycles. The summed E-state index contributed by atoms with van der Waals surface area (Å²) in [7, 11) is 0. The molecule has 0 bridgehead atoms. The zero-order valence-corrected chi connectivity index (χ0v) is 19.0. The lowest BCUT2D eigenvalue weighted by molar-refractivity contribution is -0.123. The summed E-state index contributed by atoms with van der Waals surface area (Å²) in [6.45, 7) is 6.17. The predicted molar refractivity (Wildman–Crippen MR) is 126 cm³/mol. The second-order valence-corrected chi connectivity index (χ2v) is 8.66. The van der Waals surface area contributed by atoms with Crippen molar-refractivity contribution in [1.29, 1.82) is 0 Å². The average molecular weight is 438 g/mol. The smallest absolute Gasteiger partial charge is 0.408 e. The van der Waals surface area contributed by atoms with Gasteiger partial charge in [0, 0.05) is 19.5 Å². The lowest BCUT2D eigenvalue weighted by Crippen LogP contribution is -2.49. The van der Waals surface area contributed by atoms with Gasteiger partial charge < -0.3 is 20.3 Å². The van der Waals surface area contributed by atoms with Crippen molar-refractivity contribution in [2.75, 3.05) is 26.2 Å². The molecule has 2 N–H and O–H groups in total. The molecule has 2 amide bonds. The van der Waals surface area contributed by atoms with Crippen molar-refractivity contribution in [2.24, 2.45) is 5.92 Å². The lowest BCUT2D eigenvalue weighted by atomic mass is 10.0. The molecule has 1 fully saturated rings. The lowest BCUT2D eigenvalue weighted by Gasteiger charge is -2.29. The number of piperidine rings is 1. The molecule has 0 radical (unpaired) electrons. The van der Waals surface area contributed by atoms with Crippen molar-refractivity contribution >= 4 is 12.0 Å². The van der Waals surface area contributed by atoms with Crippen LogP contribution in [-0.2, 0) is 22.6 Å². The molecule has 1 saturated heterocycles. The molecule has 172 valence electrons. The Morgan fingerprint density at radius 3 is 2.22 bits per heavy atom. The second kappa shape index (κ2) is 12.9. The van der Waals surface area contributed by atoms with Crippen molar-refractivity contribution in [2.45, 2.75) is 45.3 Å². The molecule has 6 nitrogen and oxygen atoms in total. The van der Waals surface area contributed by atoms with Gasteiger partial charge in [-0.05, 0) is 43.0 Å². The summed E-state index contributed by atoms with van der Waals surface area (Å²) in [4.78, 5) is 27.8. The summed E-state index contributed by atoms with van der Waals surface area (Å²) < 4.78 is 5.34. The number of likely N-dealkylation sites (tertiary alicyclic amines) is 1. The van der Waals surface area contributed by atoms with Gasteiger partial charge in [0.25, 0.3) is 0 Å². The van der Waals surface area contributed by atoms with Gasteiger partial charge in [0.15, 0.2) is 0 Å². The third kappa shape index (κ3) is 8.35. The van der Waals surface area contributed by atoms with Crippen LogP contribution in [0.1, 0.15) is 37.3 Å². The van der Waals surface area contributed by atoms with E-state index in [2.05, 4.69) is 22.5 Å². The molecule has 1 heterocycles. The molecule has 3 rings (SSSR count). The molecular weight excluding hydrogens is 402 g/mol. The van der Waals surface area contributed by atoms with E-state index in [0.717, 1.165) is 30.8 Å². The molecule has 32 heavy (non-hydrogen) atoms. The average Bonchev–Trinajstić information content (AvgIpc) is 2.83. The number of benzene rings is 2. The quantitative estimate of drug-likeness (QED) is 0.594. The summed E-state index contributed by atoms with van der Waals surface area (Å²) in [5.41, 5.74) is 1.88. The number of rotatable bonds is 10. The van der Waals surface area contributed by atoms with Gasteiger partial charge in [0.1, 0.15) is 12.6 Å². The van der Waals surface area contributed by atoms with Gasteiger partial charge in [-0.2, -0.15) is 0 Å². The Labute approximate surface area is 191 Å². The number of hydrogen-bond donors (Lipinski definition) is 2. The number of nitrogens with zero attached hydrogens (tertiary/aromatic N) is 1. The van der Waals surface area contributed by atoms with Crippen LogP contribution in [0, 0.1) is 5.92 Å². The minimum absolute atomic E-state index is 0.166. The zero-order valence-electron chi connectivity index (χ0n) is 19.0. The number of amides is 2. The molecule has 0 saturated carbocycles. The molecule has 1 aliphatic heterocycles. The van der Waals surface area contributed by atoms with Gasteiger partial charge in [-0.25, -0.2) is 4.79 Å². The first-order valence-electron chi connectivity index (χ1n) is 11.6. The summed E-state index contributed by atoms with van der Waals surface area (Å²) in [6, 6.07) is 18.5. The van der Waals surface area contributed by atoms with Crippen LogP contribution < -0.4 is 10.6 Å². The Morgan fingerprint density at radius 1 is 0.938 bits per heavy atom. The molecular formula is C26H35N3O3. The van der Waals surface area contributed by atoms with Crippen molar-refractivity contribution in [1.82, 2.24) is 15.5 Å². The van der Waals surface area contributed by atoms with Crippen LogP contribution in [0.4, 0.5) is 4.79 Å². The summed E-state index contributed by atoms with van der Waals surface area (Å²) in [5, 5.41) is 5.79. The normalized spacial score (nSPS) is 16.0. The Morgan fingerprint density at radius 2 is 1.56 bits per heavy atom. The van der Waals surface area contributed by atoms with Crippen LogP contribution in [0.3, 0.4) is 0 Å². The number of hydrogen-bond acceptors (Lipinski definition) is 4. The van der Waals surface area contributed by atoms with E-state index in [1.807, 2.05) is 60.7 Å². The summed E-state index contributed by atoms with van der Waals surface area (Å²) in [5.74, 6) is 0.162. The van der Waals surface area contributed by atoms with E-state index in [-0.39, 0.29) is 12.5 Å². The van der Waals surface area contributed by atoms with Crippen molar-refractivity contribution in [3.63, 3.8) is 0 Å². The largest absolute Gasteiger partial charge is 0.445 e. The Hall–Kier alpha value is -2.86. The Bertz CT molecular complexity index is 823. The highest BCUT2D eigenvalue weighted by atomic mass is 16.5. The van der Waals surface area contributed by atoms with E-state index in [1.54, 1.807) is 0 Å². The van der Waals surface area contributed by atoms with Crippen molar-refractivity contribution in [3.8, 4) is 0 Å². The standard InChI is InChI=1S/C26H35N3O3/c1-21(19-29-15-9-4-10-16-29)18-27-25(30)24(17-22-11-5-2-6-12-22)28-26(31)32-20-23-13-7-3-8-14-23/h2-3,5-8,11-14,21,24H,4,9-10,15-20H2,1H3,(H,27,30)(H,28,31)/t21?,24-/m0/s1. The van der Waals surface area contributed by atoms with Gasteiger partial charge in [-0.1, -0.05) is 74.0 Å². The molecule has 2 aromatic rings. The molecule has 6 heteroatoms. The minimum Gasteiger partial charge on any atom is -0.445 e. The van der Waals surface area contributed by atoms with Gasteiger partial charge in [-0.15, -0.1) is 0 Å². The highest BCUT2D eigenvalue weighted by Gasteiger charge is 2.23. The fourth-order valence-corrected chi connectivity index (χ4v) is 4.01. The Kier molecular flexibility index (Phi) is 9.57. The number of carbonyl (C=O) groups excluding carboxylic acids is 2. The highest BCUT2D eigenvalue weighted by Crippen LogP contribution is 2.11.